The summed E-state index contributed by atoms with van der Waals surface area (Å²) in [5, 5.41) is 33.9. The number of allylic oxidation sites excluding steroid dienone is 1. The van der Waals surface area contributed by atoms with Gasteiger partial charge in [-0.05, 0) is 43.5 Å². The summed E-state index contributed by atoms with van der Waals surface area (Å²) in [7, 11) is 1.18. The van der Waals surface area contributed by atoms with E-state index in [4.69, 9.17) is 15.2 Å². The van der Waals surface area contributed by atoms with Crippen molar-refractivity contribution in [2.45, 2.75) is 50.4 Å². The first kappa shape index (κ1) is 29.0. The SMILES string of the molecule is COC(=O)C1=C(N)NC(C)=C(C(=O)OCCN2CCCCC2C2=CCC(O)(O)C=C2)C1c1cccc([N+](=O)[O-])c1. The molecule has 0 spiro atoms. The molecular weight excluding hydrogens is 520 g/mol. The van der Waals surface area contributed by atoms with Gasteiger partial charge in [-0.25, -0.2) is 9.59 Å². The Kier molecular flexibility index (Phi) is 8.72. The number of nitro groups is 1. The van der Waals surface area contributed by atoms with Crippen LogP contribution in [0.15, 0.2) is 70.7 Å². The summed E-state index contributed by atoms with van der Waals surface area (Å²) in [5.74, 6) is -4.37. The number of hydrogen-bond acceptors (Lipinski definition) is 11. The molecule has 0 amide bonds. The predicted molar refractivity (Wildman–Crippen MR) is 144 cm³/mol. The average Bonchev–Trinajstić information content (AvgIpc) is 2.92. The van der Waals surface area contributed by atoms with Gasteiger partial charge < -0.3 is 30.7 Å². The maximum absolute atomic E-state index is 13.5. The highest BCUT2D eigenvalue weighted by atomic mass is 16.6. The van der Waals surface area contributed by atoms with Crippen molar-refractivity contribution in [2.24, 2.45) is 5.73 Å². The van der Waals surface area contributed by atoms with Gasteiger partial charge in [0.25, 0.3) is 5.69 Å². The first-order valence-corrected chi connectivity index (χ1v) is 13.1. The van der Waals surface area contributed by atoms with Crippen LogP contribution in [0.1, 0.15) is 44.1 Å². The van der Waals surface area contributed by atoms with Crippen molar-refractivity contribution in [3.05, 3.63) is 86.4 Å². The van der Waals surface area contributed by atoms with Gasteiger partial charge >= 0.3 is 11.9 Å². The van der Waals surface area contributed by atoms with Gasteiger partial charge in [-0.2, -0.15) is 0 Å². The van der Waals surface area contributed by atoms with E-state index >= 15 is 0 Å². The van der Waals surface area contributed by atoms with E-state index in [9.17, 15) is 29.9 Å². The van der Waals surface area contributed by atoms with Crippen LogP contribution in [0.5, 0.6) is 0 Å². The van der Waals surface area contributed by atoms with E-state index in [1.165, 1.54) is 31.4 Å². The van der Waals surface area contributed by atoms with Crippen LogP contribution in [0.2, 0.25) is 0 Å². The van der Waals surface area contributed by atoms with Gasteiger partial charge in [0.15, 0.2) is 5.79 Å². The molecule has 12 nitrogen and oxygen atoms in total. The number of likely N-dealkylation sites (tertiary alicyclic amines) is 1. The summed E-state index contributed by atoms with van der Waals surface area (Å²) in [4.78, 5) is 39.3. The van der Waals surface area contributed by atoms with Crippen LogP contribution in [-0.4, -0.2) is 70.6 Å². The second-order valence-electron chi connectivity index (χ2n) is 10.1. The molecule has 1 aliphatic carbocycles. The molecular formula is C28H34N4O8. The molecule has 214 valence electrons. The van der Waals surface area contributed by atoms with Gasteiger partial charge in [0.2, 0.25) is 0 Å². The summed E-state index contributed by atoms with van der Waals surface area (Å²) < 4.78 is 10.6. The Labute approximate surface area is 231 Å². The molecule has 40 heavy (non-hydrogen) atoms. The number of methoxy groups -OCH3 is 1. The first-order chi connectivity index (χ1) is 19.0. The lowest BCUT2D eigenvalue weighted by atomic mass is 9.81. The molecule has 0 bridgehead atoms. The first-order valence-electron chi connectivity index (χ1n) is 13.1. The number of nitrogens with two attached hydrogens (primary N) is 1. The fraction of sp³-hybridized carbons (Fsp3) is 0.429. The molecule has 1 fully saturated rings. The van der Waals surface area contributed by atoms with Crippen molar-refractivity contribution in [2.75, 3.05) is 26.8 Å². The molecule has 0 saturated carbocycles. The van der Waals surface area contributed by atoms with E-state index in [0.29, 0.717) is 17.8 Å². The summed E-state index contributed by atoms with van der Waals surface area (Å²) in [6.45, 7) is 2.91. The van der Waals surface area contributed by atoms with Crippen LogP contribution in [0, 0.1) is 10.1 Å². The molecule has 2 heterocycles. The third-order valence-electron chi connectivity index (χ3n) is 7.42. The molecule has 1 aromatic carbocycles. The third-order valence-corrected chi connectivity index (χ3v) is 7.42. The van der Waals surface area contributed by atoms with Crippen LogP contribution in [-0.2, 0) is 19.1 Å². The Balaban J connectivity index is 1.54. The van der Waals surface area contributed by atoms with Crippen LogP contribution in [0.3, 0.4) is 0 Å². The number of piperidine rings is 1. The summed E-state index contributed by atoms with van der Waals surface area (Å²) in [6, 6.07) is 5.72. The van der Waals surface area contributed by atoms with Gasteiger partial charge in [0.1, 0.15) is 12.4 Å². The van der Waals surface area contributed by atoms with E-state index < -0.39 is 28.6 Å². The second kappa shape index (κ2) is 12.0. The van der Waals surface area contributed by atoms with E-state index in [0.717, 1.165) is 31.4 Å². The highest BCUT2D eigenvalue weighted by Crippen LogP contribution is 2.39. The van der Waals surface area contributed by atoms with Crippen LogP contribution in [0.25, 0.3) is 0 Å². The number of nitrogens with zero attached hydrogens (tertiary/aromatic N) is 2. The molecule has 4 rings (SSSR count). The van der Waals surface area contributed by atoms with Crippen LogP contribution < -0.4 is 11.1 Å². The van der Waals surface area contributed by atoms with Crippen molar-refractivity contribution in [3.8, 4) is 0 Å². The van der Waals surface area contributed by atoms with Crippen molar-refractivity contribution in [1.29, 1.82) is 0 Å². The van der Waals surface area contributed by atoms with Gasteiger partial charge in [-0.1, -0.05) is 30.7 Å². The van der Waals surface area contributed by atoms with Crippen LogP contribution in [0.4, 0.5) is 5.69 Å². The number of esters is 2. The molecule has 0 aromatic heterocycles. The highest BCUT2D eigenvalue weighted by molar-refractivity contribution is 5.99. The largest absolute Gasteiger partial charge is 0.466 e. The van der Waals surface area contributed by atoms with E-state index in [-0.39, 0.29) is 41.7 Å². The zero-order valence-electron chi connectivity index (χ0n) is 22.5. The molecule has 2 atom stereocenters. The Hall–Kier alpha value is -4.00. The smallest absolute Gasteiger partial charge is 0.338 e. The van der Waals surface area contributed by atoms with Crippen molar-refractivity contribution >= 4 is 17.6 Å². The Morgan fingerprint density at radius 3 is 2.70 bits per heavy atom. The van der Waals surface area contributed by atoms with Crippen LogP contribution >= 0.6 is 0 Å². The maximum Gasteiger partial charge on any atom is 0.338 e. The highest BCUT2D eigenvalue weighted by Gasteiger charge is 2.39. The number of dihydropyridines is 1. The molecule has 5 N–H and O–H groups in total. The lowest BCUT2D eigenvalue weighted by Gasteiger charge is -2.37. The molecule has 2 aliphatic heterocycles. The fourth-order valence-corrected chi connectivity index (χ4v) is 5.46. The minimum absolute atomic E-state index is 0.0165. The predicted octanol–water partition coefficient (Wildman–Crippen LogP) is 1.86. The number of non-ortho nitro benzene ring substituents is 1. The number of carbonyl (C=O) groups is 2. The zero-order chi connectivity index (χ0) is 29.0. The Morgan fingerprint density at radius 1 is 1.25 bits per heavy atom. The average molecular weight is 555 g/mol. The van der Waals surface area contributed by atoms with Crippen molar-refractivity contribution in [3.63, 3.8) is 0 Å². The van der Waals surface area contributed by atoms with E-state index in [2.05, 4.69) is 10.2 Å². The molecule has 1 aromatic rings. The standard InChI is InChI=1S/C28H34N4O8/c1-17-22(23(24(25(29)30-17)26(33)39-2)19-6-5-7-20(16-19)32(37)38)27(34)40-15-14-31-13-4-3-8-21(31)18-9-11-28(35,36)12-10-18/h5-7,9-11,16,21,23,30,35-36H,3-4,8,12-15,29H2,1-2H3. The molecule has 2 unspecified atom stereocenters. The summed E-state index contributed by atoms with van der Waals surface area (Å²) in [6.07, 6.45) is 7.96. The Bertz CT molecular complexity index is 1310. The monoisotopic (exact) mass is 554 g/mol. The number of benzene rings is 1. The fourth-order valence-electron chi connectivity index (χ4n) is 5.46. The van der Waals surface area contributed by atoms with Gasteiger partial charge in [-0.15, -0.1) is 0 Å². The number of nitrogens with one attached hydrogen (secondary N) is 1. The number of rotatable bonds is 8. The van der Waals surface area contributed by atoms with E-state index in [1.807, 2.05) is 6.08 Å². The normalized spacial score (nSPS) is 22.9. The zero-order valence-corrected chi connectivity index (χ0v) is 22.5. The Morgan fingerprint density at radius 2 is 2.02 bits per heavy atom. The molecule has 1 saturated heterocycles. The lowest BCUT2D eigenvalue weighted by Crippen LogP contribution is -2.43. The van der Waals surface area contributed by atoms with Gasteiger partial charge in [0, 0.05) is 36.8 Å². The molecule has 3 aliphatic rings. The number of nitro benzene ring substituents is 1. The van der Waals surface area contributed by atoms with Crippen molar-refractivity contribution in [1.82, 2.24) is 10.2 Å². The quantitative estimate of drug-likeness (QED) is 0.160. The topological polar surface area (TPSA) is 177 Å². The van der Waals surface area contributed by atoms with Gasteiger partial charge in [-0.3, -0.25) is 15.0 Å². The van der Waals surface area contributed by atoms with Crippen molar-refractivity contribution < 1.29 is 34.2 Å². The van der Waals surface area contributed by atoms with Gasteiger partial charge in [0.05, 0.1) is 29.1 Å². The minimum Gasteiger partial charge on any atom is -0.466 e. The lowest BCUT2D eigenvalue weighted by molar-refractivity contribution is -0.384. The number of ether oxygens (including phenoxy) is 2. The van der Waals surface area contributed by atoms with E-state index in [1.54, 1.807) is 19.1 Å². The maximum atomic E-state index is 13.5. The molecule has 12 heteroatoms. The minimum atomic E-state index is -1.84. The number of carbonyl (C=O) groups excluding carboxylic acids is 2. The number of aliphatic hydroxyl groups is 2. The second-order valence-corrected chi connectivity index (χ2v) is 10.1. The third kappa shape index (κ3) is 6.24. The summed E-state index contributed by atoms with van der Waals surface area (Å²) >= 11 is 0. The number of hydrogen-bond donors (Lipinski definition) is 4. The molecule has 0 radical (unpaired) electrons. The summed E-state index contributed by atoms with van der Waals surface area (Å²) in [5.41, 5.74) is 7.66.